The van der Waals surface area contributed by atoms with Crippen molar-refractivity contribution in [2.75, 3.05) is 25.4 Å². The van der Waals surface area contributed by atoms with E-state index in [4.69, 9.17) is 11.6 Å². The average Bonchev–Trinajstić information content (AvgIpc) is 3.10. The highest BCUT2D eigenvalue weighted by Gasteiger charge is 2.35. The van der Waals surface area contributed by atoms with Gasteiger partial charge in [-0.1, -0.05) is 36.6 Å². The summed E-state index contributed by atoms with van der Waals surface area (Å²) in [7, 11) is -3.36. The summed E-state index contributed by atoms with van der Waals surface area (Å²) < 4.78 is 25.0. The number of amides is 1. The van der Waals surface area contributed by atoms with Crippen molar-refractivity contribution in [1.82, 2.24) is 10.2 Å². The Bertz CT molecular complexity index is 706. The molecule has 0 aromatic heterocycles. The van der Waals surface area contributed by atoms with Crippen LogP contribution in [0.15, 0.2) is 24.3 Å². The normalized spacial score (nSPS) is 21.8. The van der Waals surface area contributed by atoms with Crippen LogP contribution in [0.1, 0.15) is 37.3 Å². The van der Waals surface area contributed by atoms with Crippen LogP contribution in [-0.4, -0.2) is 49.9 Å². The van der Waals surface area contributed by atoms with Crippen molar-refractivity contribution in [2.45, 2.75) is 37.0 Å². The van der Waals surface area contributed by atoms with Crippen LogP contribution < -0.4 is 5.32 Å². The molecule has 1 heterocycles. The third-order valence-corrected chi connectivity index (χ3v) is 7.30. The summed E-state index contributed by atoms with van der Waals surface area (Å²) in [5, 5.41) is 3.55. The molecule has 1 aliphatic carbocycles. The third-order valence-electron chi connectivity index (χ3n) is 4.93. The zero-order chi connectivity index (χ0) is 17.2. The number of rotatable bonds is 4. The molecule has 25 heavy (non-hydrogen) atoms. The topological polar surface area (TPSA) is 66.5 Å². The minimum atomic E-state index is -3.36. The number of hydrogen-bond donors (Lipinski definition) is 1. The van der Waals surface area contributed by atoms with Crippen LogP contribution in [-0.2, 0) is 14.6 Å². The summed E-state index contributed by atoms with van der Waals surface area (Å²) in [6.45, 7) is 1.79. The minimum absolute atomic E-state index is 0. The first-order chi connectivity index (χ1) is 11.5. The predicted octanol–water partition coefficient (Wildman–Crippen LogP) is 2.59. The van der Waals surface area contributed by atoms with Crippen LogP contribution in [0.3, 0.4) is 0 Å². The molecule has 1 amide bonds. The van der Waals surface area contributed by atoms with E-state index in [1.807, 2.05) is 18.2 Å². The van der Waals surface area contributed by atoms with Gasteiger partial charge in [-0.2, -0.15) is 0 Å². The molecule has 1 N–H and O–H groups in total. The number of hydrogen-bond acceptors (Lipinski definition) is 4. The van der Waals surface area contributed by atoms with Gasteiger partial charge in [0.15, 0.2) is 9.84 Å². The predicted molar refractivity (Wildman–Crippen MR) is 102 cm³/mol. The van der Waals surface area contributed by atoms with Crippen molar-refractivity contribution >= 4 is 39.8 Å². The molecule has 8 heteroatoms. The van der Waals surface area contributed by atoms with Crippen LogP contribution in [0.4, 0.5) is 0 Å². The Morgan fingerprint density at radius 2 is 2.00 bits per heavy atom. The van der Waals surface area contributed by atoms with Gasteiger partial charge in [0.05, 0.1) is 11.3 Å². The lowest BCUT2D eigenvalue weighted by atomic mass is 10.0. The summed E-state index contributed by atoms with van der Waals surface area (Å²) in [5.41, 5.74) is 0.932. The summed E-state index contributed by atoms with van der Waals surface area (Å²) in [6.07, 6.45) is 3.26. The van der Waals surface area contributed by atoms with Gasteiger partial charge in [-0.05, 0) is 30.5 Å². The fourth-order valence-corrected chi connectivity index (χ4v) is 5.63. The molecule has 1 saturated carbocycles. The standard InChI is InChI=1S/C17H23ClN2O3S.ClH/c18-14-5-3-4-13(10-14)16-11-19-8-9-20(16)17(21)12-24(22,23)15-6-1-2-7-15;/h3-5,10,15-16,19H,1-2,6-9,11-12H2;1H. The molecule has 0 bridgehead atoms. The van der Waals surface area contributed by atoms with Gasteiger partial charge in [0.25, 0.3) is 0 Å². The Labute approximate surface area is 160 Å². The van der Waals surface area contributed by atoms with E-state index in [0.717, 1.165) is 18.4 Å². The number of nitrogens with zero attached hydrogens (tertiary/aromatic N) is 1. The average molecular weight is 407 g/mol. The van der Waals surface area contributed by atoms with Crippen LogP contribution in [0.5, 0.6) is 0 Å². The van der Waals surface area contributed by atoms with Crippen LogP contribution in [0, 0.1) is 0 Å². The maximum Gasteiger partial charge on any atom is 0.238 e. The van der Waals surface area contributed by atoms with Gasteiger partial charge in [-0.25, -0.2) is 8.42 Å². The van der Waals surface area contributed by atoms with Gasteiger partial charge in [-0.3, -0.25) is 4.79 Å². The number of halogens is 2. The maximum absolute atomic E-state index is 12.7. The second-order valence-electron chi connectivity index (χ2n) is 6.58. The molecule has 2 fully saturated rings. The van der Waals surface area contributed by atoms with Gasteiger partial charge in [-0.15, -0.1) is 12.4 Å². The fourth-order valence-electron chi connectivity index (χ4n) is 3.63. The summed E-state index contributed by atoms with van der Waals surface area (Å²) in [5.74, 6) is -0.678. The zero-order valence-corrected chi connectivity index (χ0v) is 16.4. The van der Waals surface area contributed by atoms with Crippen molar-refractivity contribution < 1.29 is 13.2 Å². The lowest BCUT2D eigenvalue weighted by molar-refractivity contribution is -0.131. The smallest absolute Gasteiger partial charge is 0.238 e. The Morgan fingerprint density at radius 1 is 1.28 bits per heavy atom. The summed E-state index contributed by atoms with van der Waals surface area (Å²) in [4.78, 5) is 14.4. The largest absolute Gasteiger partial charge is 0.332 e. The Balaban J connectivity index is 0.00000225. The molecule has 3 rings (SSSR count). The quantitative estimate of drug-likeness (QED) is 0.833. The molecule has 140 valence electrons. The Morgan fingerprint density at radius 3 is 2.68 bits per heavy atom. The number of sulfone groups is 1. The van der Waals surface area contributed by atoms with Gasteiger partial charge in [0.1, 0.15) is 5.75 Å². The number of nitrogens with one attached hydrogen (secondary N) is 1. The number of carbonyl (C=O) groups is 1. The number of carbonyl (C=O) groups excluding carboxylic acids is 1. The highest BCUT2D eigenvalue weighted by Crippen LogP contribution is 2.28. The van der Waals surface area contributed by atoms with Crippen LogP contribution >= 0.6 is 24.0 Å². The third kappa shape index (κ3) is 4.88. The number of benzene rings is 1. The van der Waals surface area contributed by atoms with Crippen LogP contribution in [0.2, 0.25) is 5.02 Å². The Kier molecular flexibility index (Phi) is 7.14. The molecule has 5 nitrogen and oxygen atoms in total. The summed E-state index contributed by atoms with van der Waals surface area (Å²) in [6, 6.07) is 7.23. The van der Waals surface area contributed by atoms with Crippen molar-refractivity contribution in [2.24, 2.45) is 0 Å². The van der Waals surface area contributed by atoms with E-state index in [-0.39, 0.29) is 35.4 Å². The maximum atomic E-state index is 12.7. The first-order valence-corrected chi connectivity index (χ1v) is 10.5. The van der Waals surface area contributed by atoms with Gasteiger partial charge >= 0.3 is 0 Å². The highest BCUT2D eigenvalue weighted by atomic mass is 35.5. The highest BCUT2D eigenvalue weighted by molar-refractivity contribution is 7.92. The van der Waals surface area contributed by atoms with Crippen molar-refractivity contribution in [3.8, 4) is 0 Å². The second-order valence-corrected chi connectivity index (χ2v) is 9.29. The van der Waals surface area contributed by atoms with Crippen molar-refractivity contribution in [1.29, 1.82) is 0 Å². The van der Waals surface area contributed by atoms with Gasteiger partial charge < -0.3 is 10.2 Å². The van der Waals surface area contributed by atoms with Crippen LogP contribution in [0.25, 0.3) is 0 Å². The van der Waals surface area contributed by atoms with E-state index < -0.39 is 9.84 Å². The molecule has 0 spiro atoms. The first-order valence-electron chi connectivity index (χ1n) is 8.44. The van der Waals surface area contributed by atoms with Crippen molar-refractivity contribution in [3.05, 3.63) is 34.9 Å². The molecule has 1 saturated heterocycles. The fraction of sp³-hybridized carbons (Fsp3) is 0.588. The zero-order valence-electron chi connectivity index (χ0n) is 14.0. The van der Waals surface area contributed by atoms with E-state index >= 15 is 0 Å². The van der Waals surface area contributed by atoms with E-state index in [0.29, 0.717) is 37.5 Å². The molecule has 1 unspecified atom stereocenters. The van der Waals surface area contributed by atoms with E-state index in [9.17, 15) is 13.2 Å². The molecular weight excluding hydrogens is 383 g/mol. The molecule has 1 aromatic rings. The van der Waals surface area contributed by atoms with Gasteiger partial charge in [0, 0.05) is 24.7 Å². The van der Waals surface area contributed by atoms with Gasteiger partial charge in [0.2, 0.25) is 5.91 Å². The summed E-state index contributed by atoms with van der Waals surface area (Å²) >= 11 is 6.06. The SMILES string of the molecule is Cl.O=C(CS(=O)(=O)C1CCCC1)N1CCNCC1c1cccc(Cl)c1. The number of piperazine rings is 1. The van der Waals surface area contributed by atoms with Crippen molar-refractivity contribution in [3.63, 3.8) is 0 Å². The lowest BCUT2D eigenvalue weighted by Gasteiger charge is -2.36. The molecule has 1 atom stereocenters. The molecular formula is C17H24Cl2N2O3S. The molecule has 2 aliphatic rings. The minimum Gasteiger partial charge on any atom is -0.332 e. The molecule has 0 radical (unpaired) electrons. The molecule has 1 aromatic carbocycles. The molecule has 1 aliphatic heterocycles. The van der Waals surface area contributed by atoms with E-state index in [1.165, 1.54) is 0 Å². The second kappa shape index (κ2) is 8.71. The van der Waals surface area contributed by atoms with E-state index in [1.54, 1.807) is 11.0 Å². The van der Waals surface area contributed by atoms with E-state index in [2.05, 4.69) is 5.32 Å². The Hall–Kier alpha value is -0.820. The first kappa shape index (κ1) is 20.5. The monoisotopic (exact) mass is 406 g/mol. The lowest BCUT2D eigenvalue weighted by Crippen LogP contribution is -2.50.